The van der Waals surface area contributed by atoms with E-state index in [9.17, 15) is 13.9 Å². The maximum Gasteiger partial charge on any atom is 0.286 e. The van der Waals surface area contributed by atoms with Crippen molar-refractivity contribution < 1.29 is 18.6 Å². The van der Waals surface area contributed by atoms with Crippen LogP contribution in [0.4, 0.5) is 8.78 Å². The maximum absolute atomic E-state index is 13.7. The number of nitrogens with zero attached hydrogens (tertiary/aromatic N) is 5. The summed E-state index contributed by atoms with van der Waals surface area (Å²) in [6.45, 7) is 6.44. The zero-order valence-corrected chi connectivity index (χ0v) is 24.4. The molecule has 0 amide bonds. The zero-order chi connectivity index (χ0) is 29.7. The highest BCUT2D eigenvalue weighted by molar-refractivity contribution is 6.36. The van der Waals surface area contributed by atoms with Crippen LogP contribution in [0.2, 0.25) is 5.02 Å². The molecule has 5 aromatic rings. The van der Waals surface area contributed by atoms with Gasteiger partial charge in [-0.1, -0.05) is 29.8 Å². The minimum Gasteiger partial charge on any atom is -0.481 e. The van der Waals surface area contributed by atoms with Gasteiger partial charge in [-0.2, -0.15) is 8.78 Å². The fourth-order valence-corrected chi connectivity index (χ4v) is 5.43. The van der Waals surface area contributed by atoms with Crippen molar-refractivity contribution in [2.45, 2.75) is 45.6 Å². The second-order valence-corrected chi connectivity index (χ2v) is 10.7. The predicted octanol–water partition coefficient (Wildman–Crippen LogP) is 6.33. The quantitative estimate of drug-likeness (QED) is 0.243. The summed E-state index contributed by atoms with van der Waals surface area (Å²) in [6.07, 6.45) is 3.32. The number of aromatic nitrogens is 5. The van der Waals surface area contributed by atoms with Crippen molar-refractivity contribution in [1.82, 2.24) is 24.5 Å². The van der Waals surface area contributed by atoms with Gasteiger partial charge in [-0.3, -0.25) is 9.97 Å². The number of benzene rings is 1. The fourth-order valence-electron chi connectivity index (χ4n) is 5.13. The SMILES string of the molecule is COc1nc2ccc(C(O)(c3ccc(C)nc3C)c3cnc(C)n3C)cc2c(Cl)c1Cc1ccc(C(C)(F)F)nc1. The van der Waals surface area contributed by atoms with E-state index < -0.39 is 11.5 Å². The first kappa shape index (κ1) is 28.6. The molecule has 4 heterocycles. The third-order valence-electron chi connectivity index (χ3n) is 7.45. The lowest BCUT2D eigenvalue weighted by Gasteiger charge is -2.31. The molecular weight excluding hydrogens is 548 g/mol. The minimum absolute atomic E-state index is 0.254. The molecular formula is C31H30ClF2N5O2. The highest BCUT2D eigenvalue weighted by Crippen LogP contribution is 2.41. The van der Waals surface area contributed by atoms with E-state index in [4.69, 9.17) is 16.3 Å². The van der Waals surface area contributed by atoms with Crippen LogP contribution in [-0.2, 0) is 25.0 Å². The summed E-state index contributed by atoms with van der Waals surface area (Å²) in [7, 11) is 3.35. The lowest BCUT2D eigenvalue weighted by molar-refractivity contribution is 0.0127. The first-order valence-corrected chi connectivity index (χ1v) is 13.4. The van der Waals surface area contributed by atoms with Gasteiger partial charge in [0.15, 0.2) is 5.60 Å². The van der Waals surface area contributed by atoms with Crippen molar-refractivity contribution in [3.63, 3.8) is 0 Å². The summed E-state index contributed by atoms with van der Waals surface area (Å²) >= 11 is 7.01. The number of fused-ring (bicyclic) bond motifs is 1. The van der Waals surface area contributed by atoms with Crippen LogP contribution in [0.3, 0.4) is 0 Å². The lowest BCUT2D eigenvalue weighted by Crippen LogP contribution is -2.32. The molecule has 1 unspecified atom stereocenters. The Labute approximate surface area is 241 Å². The highest BCUT2D eigenvalue weighted by Gasteiger charge is 2.39. The van der Waals surface area contributed by atoms with Gasteiger partial charge in [0, 0.05) is 54.5 Å². The summed E-state index contributed by atoms with van der Waals surface area (Å²) < 4.78 is 34.8. The smallest absolute Gasteiger partial charge is 0.286 e. The molecule has 0 aliphatic rings. The van der Waals surface area contributed by atoms with Crippen molar-refractivity contribution in [1.29, 1.82) is 0 Å². The summed E-state index contributed by atoms with van der Waals surface area (Å²) in [5.41, 5.74) is 3.14. The van der Waals surface area contributed by atoms with Crippen LogP contribution in [0.15, 0.2) is 54.9 Å². The highest BCUT2D eigenvalue weighted by atomic mass is 35.5. The number of rotatable bonds is 7. The molecule has 0 aliphatic carbocycles. The normalized spacial score (nSPS) is 13.4. The van der Waals surface area contributed by atoms with Crippen LogP contribution < -0.4 is 4.74 Å². The molecule has 1 atom stereocenters. The molecule has 0 fully saturated rings. The number of aryl methyl sites for hydroxylation is 3. The third kappa shape index (κ3) is 5.04. The summed E-state index contributed by atoms with van der Waals surface area (Å²) in [4.78, 5) is 17.7. The molecule has 0 saturated carbocycles. The Hall–Kier alpha value is -3.95. The molecule has 0 spiro atoms. The van der Waals surface area contributed by atoms with Gasteiger partial charge in [-0.25, -0.2) is 9.97 Å². The number of pyridine rings is 3. The van der Waals surface area contributed by atoms with E-state index in [2.05, 4.69) is 19.9 Å². The zero-order valence-electron chi connectivity index (χ0n) is 23.6. The van der Waals surface area contributed by atoms with Gasteiger partial charge >= 0.3 is 0 Å². The Morgan fingerprint density at radius 1 is 1.00 bits per heavy atom. The van der Waals surface area contributed by atoms with E-state index in [1.54, 1.807) is 24.4 Å². The predicted molar refractivity (Wildman–Crippen MR) is 154 cm³/mol. The number of halogens is 3. The number of ether oxygens (including phenoxy) is 1. The third-order valence-corrected chi connectivity index (χ3v) is 7.88. The summed E-state index contributed by atoms with van der Waals surface area (Å²) in [5.74, 6) is -1.98. The Bertz CT molecular complexity index is 1770. The molecule has 0 radical (unpaired) electrons. The van der Waals surface area contributed by atoms with Crippen molar-refractivity contribution in [3.05, 3.63) is 111 Å². The monoisotopic (exact) mass is 577 g/mol. The maximum atomic E-state index is 13.7. The number of hydrogen-bond donors (Lipinski definition) is 1. The van der Waals surface area contributed by atoms with Crippen molar-refractivity contribution >= 4 is 22.5 Å². The summed E-state index contributed by atoms with van der Waals surface area (Å²) in [5, 5.41) is 13.6. The lowest BCUT2D eigenvalue weighted by atomic mass is 9.82. The first-order valence-electron chi connectivity index (χ1n) is 13.0. The Kier molecular flexibility index (Phi) is 7.29. The second kappa shape index (κ2) is 10.5. The van der Waals surface area contributed by atoms with Gasteiger partial charge in [0.1, 0.15) is 11.5 Å². The van der Waals surface area contributed by atoms with Gasteiger partial charge < -0.3 is 14.4 Å². The van der Waals surface area contributed by atoms with Crippen LogP contribution >= 0.6 is 11.6 Å². The van der Waals surface area contributed by atoms with E-state index in [0.29, 0.717) is 55.4 Å². The fraction of sp³-hybridized carbons (Fsp3) is 0.290. The minimum atomic E-state index is -3.04. The first-order chi connectivity index (χ1) is 19.3. The Balaban J connectivity index is 1.69. The largest absolute Gasteiger partial charge is 0.481 e. The van der Waals surface area contributed by atoms with Gasteiger partial charge in [0.25, 0.3) is 5.92 Å². The molecule has 4 aromatic heterocycles. The van der Waals surface area contributed by atoms with Crippen LogP contribution in [-0.4, -0.2) is 36.7 Å². The van der Waals surface area contributed by atoms with Crippen molar-refractivity contribution in [3.8, 4) is 5.88 Å². The number of alkyl halides is 2. The van der Waals surface area contributed by atoms with Crippen LogP contribution in [0.1, 0.15) is 57.8 Å². The molecule has 41 heavy (non-hydrogen) atoms. The number of methoxy groups -OCH3 is 1. The average molecular weight is 578 g/mol. The van der Waals surface area contributed by atoms with E-state index in [1.807, 2.05) is 50.6 Å². The molecule has 5 rings (SSSR count). The van der Waals surface area contributed by atoms with E-state index >= 15 is 0 Å². The van der Waals surface area contributed by atoms with Gasteiger partial charge in [0.05, 0.1) is 29.5 Å². The van der Waals surface area contributed by atoms with Crippen LogP contribution in [0, 0.1) is 20.8 Å². The molecule has 0 saturated heterocycles. The average Bonchev–Trinajstić information content (AvgIpc) is 3.27. The van der Waals surface area contributed by atoms with Crippen LogP contribution in [0.25, 0.3) is 10.9 Å². The van der Waals surface area contributed by atoms with E-state index in [0.717, 1.165) is 18.4 Å². The second-order valence-electron chi connectivity index (χ2n) is 10.3. The van der Waals surface area contributed by atoms with Crippen molar-refractivity contribution in [2.75, 3.05) is 7.11 Å². The number of hydrogen-bond acceptors (Lipinski definition) is 6. The van der Waals surface area contributed by atoms with Gasteiger partial charge in [-0.05, 0) is 56.2 Å². The van der Waals surface area contributed by atoms with Crippen LogP contribution in [0.5, 0.6) is 5.88 Å². The molecule has 1 N–H and O–H groups in total. The molecule has 10 heteroatoms. The standard InChI is InChI=1S/C31H30ClF2N5O2/c1-17-7-10-24(18(2)37-17)31(40,27-16-35-19(3)39(27)5)21-9-11-25-22(14-21)28(32)23(29(38-25)41-6)13-20-8-12-26(36-15-20)30(4,33)34/h7-12,14-16,40H,13H2,1-6H3. The summed E-state index contributed by atoms with van der Waals surface area (Å²) in [6, 6.07) is 12.0. The van der Waals surface area contributed by atoms with E-state index in [-0.39, 0.29) is 12.1 Å². The van der Waals surface area contributed by atoms with Crippen molar-refractivity contribution in [2.24, 2.45) is 7.05 Å². The topological polar surface area (TPSA) is 86.0 Å². The van der Waals surface area contributed by atoms with E-state index in [1.165, 1.54) is 19.4 Å². The number of aliphatic hydroxyl groups is 1. The molecule has 1 aromatic carbocycles. The Morgan fingerprint density at radius 2 is 1.76 bits per heavy atom. The molecule has 0 aliphatic heterocycles. The van der Waals surface area contributed by atoms with Gasteiger partial charge in [0.2, 0.25) is 5.88 Å². The molecule has 7 nitrogen and oxygen atoms in total. The number of imidazole rings is 1. The van der Waals surface area contributed by atoms with Gasteiger partial charge in [-0.15, -0.1) is 0 Å². The Morgan fingerprint density at radius 3 is 2.34 bits per heavy atom. The molecule has 0 bridgehead atoms. The molecule has 212 valence electrons.